The molecule has 0 N–H and O–H groups in total. The topological polar surface area (TPSA) is 47.5 Å². The number of aryl methyl sites for hydroxylation is 2. The zero-order chi connectivity index (χ0) is 12.5. The van der Waals surface area contributed by atoms with E-state index in [1.54, 1.807) is 0 Å². The number of nitrogens with zero attached hydrogens (tertiary/aromatic N) is 3. The summed E-state index contributed by atoms with van der Waals surface area (Å²) in [6, 6.07) is 0.291. The van der Waals surface area contributed by atoms with Crippen LogP contribution < -0.4 is 9.64 Å². The highest BCUT2D eigenvalue weighted by Gasteiger charge is 2.32. The third kappa shape index (κ3) is 1.92. The highest BCUT2D eigenvalue weighted by molar-refractivity contribution is 5.57. The highest BCUT2D eigenvalue weighted by Crippen LogP contribution is 2.35. The molecule has 0 saturated carbocycles. The summed E-state index contributed by atoms with van der Waals surface area (Å²) in [6.45, 7) is 7.25. The molecule has 2 aliphatic rings. The van der Waals surface area contributed by atoms with E-state index in [9.17, 15) is 0 Å². The first-order chi connectivity index (χ1) is 8.79. The Bertz CT molecular complexity index is 450. The summed E-state index contributed by atoms with van der Waals surface area (Å²) in [4.78, 5) is 11.4. The molecule has 1 saturated heterocycles. The second kappa shape index (κ2) is 4.72. The molecular formula is C13H19N3O2. The largest absolute Gasteiger partial charge is 0.486 e. The highest BCUT2D eigenvalue weighted by atomic mass is 16.5. The Morgan fingerprint density at radius 3 is 3.06 bits per heavy atom. The normalized spacial score (nSPS) is 22.8. The number of hydrogen-bond donors (Lipinski definition) is 0. The Morgan fingerprint density at radius 1 is 1.33 bits per heavy atom. The van der Waals surface area contributed by atoms with Gasteiger partial charge in [-0.1, -0.05) is 6.92 Å². The van der Waals surface area contributed by atoms with E-state index in [0.29, 0.717) is 12.6 Å². The summed E-state index contributed by atoms with van der Waals surface area (Å²) in [5.74, 6) is 2.65. The van der Waals surface area contributed by atoms with Crippen molar-refractivity contribution in [3.63, 3.8) is 0 Å². The summed E-state index contributed by atoms with van der Waals surface area (Å²) < 4.78 is 11.5. The van der Waals surface area contributed by atoms with Crippen LogP contribution in [0.5, 0.6) is 5.75 Å². The van der Waals surface area contributed by atoms with E-state index in [-0.39, 0.29) is 0 Å². The number of aromatic nitrogens is 2. The summed E-state index contributed by atoms with van der Waals surface area (Å²) in [6.07, 6.45) is 1.92. The van der Waals surface area contributed by atoms with Gasteiger partial charge in [-0.25, -0.2) is 9.97 Å². The van der Waals surface area contributed by atoms with Gasteiger partial charge in [0, 0.05) is 13.2 Å². The minimum Gasteiger partial charge on any atom is -0.486 e. The number of rotatable bonds is 1. The van der Waals surface area contributed by atoms with Gasteiger partial charge in [-0.15, -0.1) is 0 Å². The lowest BCUT2D eigenvalue weighted by molar-refractivity contribution is 0.114. The quantitative estimate of drug-likeness (QED) is 0.751. The maximum absolute atomic E-state index is 5.88. The van der Waals surface area contributed by atoms with Crippen LogP contribution in [-0.2, 0) is 11.2 Å². The molecule has 2 aliphatic heterocycles. The Balaban J connectivity index is 2.04. The van der Waals surface area contributed by atoms with Crippen molar-refractivity contribution in [2.24, 2.45) is 0 Å². The fourth-order valence-electron chi connectivity index (χ4n) is 2.61. The average Bonchev–Trinajstić information content (AvgIpc) is 2.62. The smallest absolute Gasteiger partial charge is 0.183 e. The first kappa shape index (κ1) is 11.7. The maximum atomic E-state index is 5.88. The van der Waals surface area contributed by atoms with Gasteiger partial charge >= 0.3 is 0 Å². The third-order valence-corrected chi connectivity index (χ3v) is 3.50. The Labute approximate surface area is 107 Å². The van der Waals surface area contributed by atoms with Crippen LogP contribution in [0, 0.1) is 6.92 Å². The van der Waals surface area contributed by atoms with E-state index in [1.807, 2.05) is 6.92 Å². The standard InChI is InChI=1S/C13H19N3O2/c1-3-11-12-13(15-9(2)14-11)16-5-4-6-17-7-10(16)8-18-12/h10H,3-8H2,1-2H3. The van der Waals surface area contributed by atoms with Crippen molar-refractivity contribution in [3.8, 4) is 5.75 Å². The molecule has 0 aliphatic carbocycles. The van der Waals surface area contributed by atoms with Gasteiger partial charge in [0.15, 0.2) is 11.6 Å². The van der Waals surface area contributed by atoms with Crippen molar-refractivity contribution in [3.05, 3.63) is 11.5 Å². The lowest BCUT2D eigenvalue weighted by Crippen LogP contribution is -2.46. The molecule has 1 atom stereocenters. The lowest BCUT2D eigenvalue weighted by Gasteiger charge is -2.36. The van der Waals surface area contributed by atoms with Crippen molar-refractivity contribution < 1.29 is 9.47 Å². The number of hydrogen-bond acceptors (Lipinski definition) is 5. The zero-order valence-corrected chi connectivity index (χ0v) is 11.0. The molecule has 1 aromatic rings. The fraction of sp³-hybridized carbons (Fsp3) is 0.692. The Kier molecular flexibility index (Phi) is 3.07. The maximum Gasteiger partial charge on any atom is 0.183 e. The van der Waals surface area contributed by atoms with E-state index in [4.69, 9.17) is 9.47 Å². The predicted octanol–water partition coefficient (Wildman–Crippen LogP) is 1.34. The van der Waals surface area contributed by atoms with E-state index in [1.165, 1.54) is 0 Å². The molecule has 98 valence electrons. The van der Waals surface area contributed by atoms with Crippen molar-refractivity contribution in [2.45, 2.75) is 32.7 Å². The summed E-state index contributed by atoms with van der Waals surface area (Å²) in [5.41, 5.74) is 1.01. The van der Waals surface area contributed by atoms with Crippen molar-refractivity contribution in [1.29, 1.82) is 0 Å². The summed E-state index contributed by atoms with van der Waals surface area (Å²) >= 11 is 0. The van der Waals surface area contributed by atoms with Crippen molar-refractivity contribution in [1.82, 2.24) is 9.97 Å². The van der Waals surface area contributed by atoms with E-state index in [2.05, 4.69) is 21.8 Å². The van der Waals surface area contributed by atoms with Crippen LogP contribution in [0.15, 0.2) is 0 Å². The summed E-state index contributed by atoms with van der Waals surface area (Å²) in [7, 11) is 0. The van der Waals surface area contributed by atoms with Crippen LogP contribution in [0.4, 0.5) is 5.82 Å². The molecule has 0 radical (unpaired) electrons. The monoisotopic (exact) mass is 249 g/mol. The van der Waals surface area contributed by atoms with Gasteiger partial charge in [0.05, 0.1) is 18.3 Å². The average molecular weight is 249 g/mol. The second-order valence-electron chi connectivity index (χ2n) is 4.81. The summed E-state index contributed by atoms with van der Waals surface area (Å²) in [5, 5.41) is 0. The number of fused-ring (bicyclic) bond motifs is 3. The molecule has 3 heterocycles. The van der Waals surface area contributed by atoms with Crippen LogP contribution in [0.25, 0.3) is 0 Å². The first-order valence-corrected chi connectivity index (χ1v) is 6.64. The molecule has 18 heavy (non-hydrogen) atoms. The van der Waals surface area contributed by atoms with Gasteiger partial charge in [0.2, 0.25) is 0 Å². The SMILES string of the molecule is CCc1nc(C)nc2c1OCC1COCCCN21. The Hall–Kier alpha value is -1.36. The molecule has 0 aromatic carbocycles. The fourth-order valence-corrected chi connectivity index (χ4v) is 2.61. The van der Waals surface area contributed by atoms with Crippen molar-refractivity contribution in [2.75, 3.05) is 31.3 Å². The minimum absolute atomic E-state index is 0.291. The van der Waals surface area contributed by atoms with E-state index in [0.717, 1.165) is 55.7 Å². The van der Waals surface area contributed by atoms with Gasteiger partial charge < -0.3 is 14.4 Å². The second-order valence-corrected chi connectivity index (χ2v) is 4.81. The molecule has 0 spiro atoms. The minimum atomic E-state index is 0.291. The van der Waals surface area contributed by atoms with Gasteiger partial charge in [-0.2, -0.15) is 0 Å². The molecule has 1 unspecified atom stereocenters. The molecule has 3 rings (SSSR count). The van der Waals surface area contributed by atoms with Gasteiger partial charge in [0.25, 0.3) is 0 Å². The van der Waals surface area contributed by atoms with Crippen LogP contribution in [-0.4, -0.2) is 42.4 Å². The van der Waals surface area contributed by atoms with Gasteiger partial charge in [0.1, 0.15) is 12.4 Å². The van der Waals surface area contributed by atoms with Crippen LogP contribution in [0.3, 0.4) is 0 Å². The first-order valence-electron chi connectivity index (χ1n) is 6.64. The van der Waals surface area contributed by atoms with E-state index < -0.39 is 0 Å². The van der Waals surface area contributed by atoms with E-state index >= 15 is 0 Å². The van der Waals surface area contributed by atoms with Crippen LogP contribution >= 0.6 is 0 Å². The van der Waals surface area contributed by atoms with Gasteiger partial charge in [-0.3, -0.25) is 0 Å². The molecule has 0 amide bonds. The van der Waals surface area contributed by atoms with Crippen molar-refractivity contribution >= 4 is 5.82 Å². The zero-order valence-electron chi connectivity index (χ0n) is 11.0. The predicted molar refractivity (Wildman–Crippen MR) is 68.2 cm³/mol. The Morgan fingerprint density at radius 2 is 2.22 bits per heavy atom. The van der Waals surface area contributed by atoms with Gasteiger partial charge in [-0.05, 0) is 19.8 Å². The van der Waals surface area contributed by atoms with Crippen LogP contribution in [0.1, 0.15) is 24.9 Å². The third-order valence-electron chi connectivity index (χ3n) is 3.50. The molecule has 0 bridgehead atoms. The molecule has 5 heteroatoms. The number of anilines is 1. The van der Waals surface area contributed by atoms with Crippen LogP contribution in [0.2, 0.25) is 0 Å². The molecule has 1 aromatic heterocycles. The molecule has 5 nitrogen and oxygen atoms in total. The molecular weight excluding hydrogens is 230 g/mol. The lowest BCUT2D eigenvalue weighted by atomic mass is 10.2. The number of ether oxygens (including phenoxy) is 2. The molecule has 1 fully saturated rings.